The summed E-state index contributed by atoms with van der Waals surface area (Å²) in [6.45, 7) is 7.25. The molecule has 2 atom stereocenters. The maximum absolute atomic E-state index is 12.9. The number of anilines is 1. The highest BCUT2D eigenvalue weighted by molar-refractivity contribution is 7.20. The molecule has 0 bridgehead atoms. The number of hydrogen-bond acceptors (Lipinski definition) is 5. The zero-order chi connectivity index (χ0) is 21.5. The van der Waals surface area contributed by atoms with Gasteiger partial charge in [-0.1, -0.05) is 32.9 Å². The van der Waals surface area contributed by atoms with Crippen molar-refractivity contribution in [3.63, 3.8) is 0 Å². The van der Waals surface area contributed by atoms with Gasteiger partial charge in [-0.05, 0) is 66.0 Å². The third-order valence-corrected chi connectivity index (χ3v) is 7.22. The van der Waals surface area contributed by atoms with E-state index in [-0.39, 0.29) is 11.9 Å². The molecule has 4 rings (SSSR count). The Bertz CT molecular complexity index is 1080. The molecule has 0 saturated heterocycles. The Morgan fingerprint density at radius 1 is 1.30 bits per heavy atom. The van der Waals surface area contributed by atoms with Crippen LogP contribution < -0.4 is 16.8 Å². The number of nitrogens with one attached hydrogen (secondary N) is 1. The first-order valence-electron chi connectivity index (χ1n) is 10.5. The van der Waals surface area contributed by atoms with E-state index in [0.717, 1.165) is 28.6 Å². The number of aryl methyl sites for hydroxylation is 1. The maximum Gasteiger partial charge on any atom is 0.261 e. The van der Waals surface area contributed by atoms with Gasteiger partial charge in [-0.15, -0.1) is 11.3 Å². The van der Waals surface area contributed by atoms with Crippen molar-refractivity contribution in [2.24, 2.45) is 17.1 Å². The number of nitrogen functional groups attached to an aromatic ring is 1. The molecule has 2 heterocycles. The van der Waals surface area contributed by atoms with Crippen molar-refractivity contribution in [2.75, 3.05) is 12.3 Å². The SMILES string of the molecule is CC(C)(C)[C@@H]1CCc2nc3sc(C(=O)N[C@H](CN)c4cccc(N)c4)cc3cc2C1. The Kier molecular flexibility index (Phi) is 5.55. The molecule has 6 heteroatoms. The molecule has 5 nitrogen and oxygen atoms in total. The molecule has 0 saturated carbocycles. The fourth-order valence-corrected chi connectivity index (χ4v) is 5.20. The molecule has 1 amide bonds. The van der Waals surface area contributed by atoms with Crippen molar-refractivity contribution in [1.82, 2.24) is 10.3 Å². The molecule has 0 aliphatic heterocycles. The average Bonchev–Trinajstić information content (AvgIpc) is 3.12. The Hall–Kier alpha value is -2.44. The van der Waals surface area contributed by atoms with Gasteiger partial charge in [0.1, 0.15) is 4.83 Å². The van der Waals surface area contributed by atoms with Crippen LogP contribution in [0.5, 0.6) is 0 Å². The van der Waals surface area contributed by atoms with E-state index in [0.29, 0.717) is 28.4 Å². The second kappa shape index (κ2) is 8.00. The summed E-state index contributed by atoms with van der Waals surface area (Å²) < 4.78 is 0. The molecule has 1 aliphatic rings. The van der Waals surface area contributed by atoms with E-state index >= 15 is 0 Å². The first kappa shape index (κ1) is 20.8. The van der Waals surface area contributed by atoms with Crippen LogP contribution in [0, 0.1) is 11.3 Å². The Morgan fingerprint density at radius 3 is 2.80 bits per heavy atom. The maximum atomic E-state index is 12.9. The number of fused-ring (bicyclic) bond motifs is 2. The van der Waals surface area contributed by atoms with Crippen LogP contribution in [0.1, 0.15) is 59.7 Å². The van der Waals surface area contributed by atoms with Crippen molar-refractivity contribution in [3.8, 4) is 0 Å². The van der Waals surface area contributed by atoms with Gasteiger partial charge in [0.25, 0.3) is 5.91 Å². The van der Waals surface area contributed by atoms with Crippen molar-refractivity contribution < 1.29 is 4.79 Å². The molecule has 3 aromatic rings. The molecule has 0 radical (unpaired) electrons. The summed E-state index contributed by atoms with van der Waals surface area (Å²) in [7, 11) is 0. The topological polar surface area (TPSA) is 94.0 Å². The summed E-state index contributed by atoms with van der Waals surface area (Å²) in [5.74, 6) is 0.538. The van der Waals surface area contributed by atoms with Gasteiger partial charge in [0.05, 0.1) is 10.9 Å². The number of benzene rings is 1. The standard InChI is InChI=1S/C24H30N4OS/c1-24(2,3)17-7-8-19-15(10-17)9-16-12-21(30-23(16)28-19)22(29)27-20(13-25)14-5-4-6-18(26)11-14/h4-6,9,11-12,17,20H,7-8,10,13,25-26H2,1-3H3,(H,27,29)/t17-,20-/m1/s1. The highest BCUT2D eigenvalue weighted by atomic mass is 32.1. The van der Waals surface area contributed by atoms with Crippen LogP contribution in [0.4, 0.5) is 5.69 Å². The van der Waals surface area contributed by atoms with Crippen LogP contribution >= 0.6 is 11.3 Å². The van der Waals surface area contributed by atoms with Crippen molar-refractivity contribution >= 4 is 33.1 Å². The van der Waals surface area contributed by atoms with E-state index in [1.807, 2.05) is 30.3 Å². The van der Waals surface area contributed by atoms with Crippen LogP contribution in [0.3, 0.4) is 0 Å². The van der Waals surface area contributed by atoms with Crippen LogP contribution in [0.25, 0.3) is 10.2 Å². The number of carbonyl (C=O) groups is 1. The van der Waals surface area contributed by atoms with E-state index in [4.69, 9.17) is 16.5 Å². The van der Waals surface area contributed by atoms with Crippen molar-refractivity contribution in [3.05, 3.63) is 58.1 Å². The molecule has 158 valence electrons. The molecular formula is C24H30N4OS. The summed E-state index contributed by atoms with van der Waals surface area (Å²) in [5, 5.41) is 4.09. The molecule has 0 spiro atoms. The smallest absolute Gasteiger partial charge is 0.261 e. The molecule has 1 aliphatic carbocycles. The molecule has 30 heavy (non-hydrogen) atoms. The van der Waals surface area contributed by atoms with E-state index < -0.39 is 0 Å². The summed E-state index contributed by atoms with van der Waals surface area (Å²) in [6, 6.07) is 11.4. The predicted octanol–water partition coefficient (Wildman–Crippen LogP) is 4.46. The number of thiophene rings is 1. The van der Waals surface area contributed by atoms with E-state index in [2.05, 4.69) is 32.2 Å². The molecule has 1 aromatic carbocycles. The number of carbonyl (C=O) groups excluding carboxylic acids is 1. The number of amides is 1. The largest absolute Gasteiger partial charge is 0.399 e. The number of nitrogens with two attached hydrogens (primary N) is 2. The fourth-order valence-electron chi connectivity index (χ4n) is 4.26. The number of nitrogens with zero attached hydrogens (tertiary/aromatic N) is 1. The summed E-state index contributed by atoms with van der Waals surface area (Å²) >= 11 is 1.45. The van der Waals surface area contributed by atoms with Crippen molar-refractivity contribution in [1.29, 1.82) is 0 Å². The van der Waals surface area contributed by atoms with Gasteiger partial charge >= 0.3 is 0 Å². The number of pyridine rings is 1. The minimum absolute atomic E-state index is 0.124. The normalized spacial score (nSPS) is 17.5. The Balaban J connectivity index is 1.57. The fraction of sp³-hybridized carbons (Fsp3) is 0.417. The zero-order valence-corrected chi connectivity index (χ0v) is 18.7. The van der Waals surface area contributed by atoms with Gasteiger partial charge in [0.15, 0.2) is 0 Å². The van der Waals surface area contributed by atoms with E-state index in [1.54, 1.807) is 0 Å². The van der Waals surface area contributed by atoms with Gasteiger partial charge in [0.2, 0.25) is 0 Å². The average molecular weight is 423 g/mol. The van der Waals surface area contributed by atoms with E-state index in [9.17, 15) is 4.79 Å². The second-order valence-corrected chi connectivity index (χ2v) is 10.4. The number of aromatic nitrogens is 1. The van der Waals surface area contributed by atoms with Crippen LogP contribution in [-0.2, 0) is 12.8 Å². The first-order chi connectivity index (χ1) is 14.2. The summed E-state index contributed by atoms with van der Waals surface area (Å²) in [5.41, 5.74) is 16.2. The second-order valence-electron chi connectivity index (χ2n) is 9.34. The van der Waals surface area contributed by atoms with Crippen molar-refractivity contribution in [2.45, 2.75) is 46.1 Å². The molecular weight excluding hydrogens is 392 g/mol. The van der Waals surface area contributed by atoms with Gasteiger partial charge in [-0.25, -0.2) is 4.98 Å². The predicted molar refractivity (Wildman–Crippen MR) is 125 cm³/mol. The van der Waals surface area contributed by atoms with Gasteiger partial charge in [-0.3, -0.25) is 4.79 Å². The summed E-state index contributed by atoms with van der Waals surface area (Å²) in [4.78, 5) is 19.4. The Labute approximate surface area is 181 Å². The van der Waals surface area contributed by atoms with Crippen LogP contribution in [0.2, 0.25) is 0 Å². The lowest BCUT2D eigenvalue weighted by Gasteiger charge is -2.34. The first-order valence-corrected chi connectivity index (χ1v) is 11.3. The molecule has 0 fully saturated rings. The lowest BCUT2D eigenvalue weighted by Crippen LogP contribution is -2.33. The third-order valence-electron chi connectivity index (χ3n) is 6.18. The van der Waals surface area contributed by atoms with E-state index in [1.165, 1.54) is 29.0 Å². The van der Waals surface area contributed by atoms with Crippen LogP contribution in [0.15, 0.2) is 36.4 Å². The van der Waals surface area contributed by atoms with Gasteiger partial charge in [0, 0.05) is 23.3 Å². The quantitative estimate of drug-likeness (QED) is 0.541. The monoisotopic (exact) mass is 422 g/mol. The number of hydrogen-bond donors (Lipinski definition) is 3. The summed E-state index contributed by atoms with van der Waals surface area (Å²) in [6.07, 6.45) is 3.24. The lowest BCUT2D eigenvalue weighted by molar-refractivity contribution is 0.0942. The highest BCUT2D eigenvalue weighted by Crippen LogP contribution is 2.38. The minimum Gasteiger partial charge on any atom is -0.399 e. The zero-order valence-electron chi connectivity index (χ0n) is 17.9. The number of rotatable bonds is 4. The van der Waals surface area contributed by atoms with Gasteiger partial charge < -0.3 is 16.8 Å². The molecule has 2 aromatic heterocycles. The van der Waals surface area contributed by atoms with Crippen LogP contribution in [-0.4, -0.2) is 17.4 Å². The molecule has 5 N–H and O–H groups in total. The highest BCUT2D eigenvalue weighted by Gasteiger charge is 2.29. The third kappa shape index (κ3) is 4.20. The lowest BCUT2D eigenvalue weighted by atomic mass is 9.71. The molecule has 0 unspecified atom stereocenters. The van der Waals surface area contributed by atoms with Gasteiger partial charge in [-0.2, -0.15) is 0 Å². The Morgan fingerprint density at radius 2 is 2.10 bits per heavy atom. The minimum atomic E-state index is -0.278.